The summed E-state index contributed by atoms with van der Waals surface area (Å²) < 4.78 is 5.83. The Morgan fingerprint density at radius 2 is 1.70 bits per heavy atom. The average Bonchev–Trinajstić information content (AvgIpc) is 2.73. The summed E-state index contributed by atoms with van der Waals surface area (Å²) in [6, 6.07) is 13.2. The largest absolute Gasteiger partial charge is 0.483 e. The van der Waals surface area contributed by atoms with Crippen molar-refractivity contribution < 1.29 is 14.3 Å². The Hall–Kier alpha value is -2.82. The van der Waals surface area contributed by atoms with Crippen molar-refractivity contribution in [2.75, 3.05) is 6.61 Å². The van der Waals surface area contributed by atoms with Gasteiger partial charge in [0, 0.05) is 12.6 Å². The second kappa shape index (κ2) is 10.8. The third-order valence-corrected chi connectivity index (χ3v) is 5.55. The summed E-state index contributed by atoms with van der Waals surface area (Å²) in [6.45, 7) is 12.0. The molecule has 2 aromatic carbocycles. The van der Waals surface area contributed by atoms with E-state index in [4.69, 9.17) is 4.74 Å². The van der Waals surface area contributed by atoms with Gasteiger partial charge in [0.25, 0.3) is 5.91 Å². The van der Waals surface area contributed by atoms with Gasteiger partial charge in [-0.3, -0.25) is 9.59 Å². The minimum atomic E-state index is -0.602. The number of hydrogen-bond donors (Lipinski definition) is 1. The summed E-state index contributed by atoms with van der Waals surface area (Å²) in [5.41, 5.74) is 4.25. The maximum absolute atomic E-state index is 13.1. The van der Waals surface area contributed by atoms with Crippen molar-refractivity contribution in [1.29, 1.82) is 0 Å². The lowest BCUT2D eigenvalue weighted by molar-refractivity contribution is -0.142. The molecular weight excluding hydrogens is 376 g/mol. The highest BCUT2D eigenvalue weighted by Crippen LogP contribution is 2.21. The van der Waals surface area contributed by atoms with Crippen LogP contribution < -0.4 is 10.1 Å². The predicted molar refractivity (Wildman–Crippen MR) is 120 cm³/mol. The van der Waals surface area contributed by atoms with E-state index >= 15 is 0 Å². The third kappa shape index (κ3) is 6.34. The number of carbonyl (C=O) groups excluding carboxylic acids is 2. The Balaban J connectivity index is 2.17. The zero-order valence-electron chi connectivity index (χ0n) is 19.0. The quantitative estimate of drug-likeness (QED) is 0.670. The molecule has 0 fully saturated rings. The fourth-order valence-corrected chi connectivity index (χ4v) is 3.04. The van der Waals surface area contributed by atoms with Gasteiger partial charge in [0.2, 0.25) is 5.91 Å². The Morgan fingerprint density at radius 3 is 2.33 bits per heavy atom. The molecular formula is C25H34N2O3. The molecule has 0 spiro atoms. The first kappa shape index (κ1) is 23.5. The normalized spacial score (nSPS) is 12.7. The molecule has 0 aliphatic carbocycles. The minimum absolute atomic E-state index is 0.0578. The molecule has 0 radical (unpaired) electrons. The lowest BCUT2D eigenvalue weighted by Gasteiger charge is -2.29. The van der Waals surface area contributed by atoms with E-state index in [1.165, 1.54) is 0 Å². The smallest absolute Gasteiger partial charge is 0.261 e. The zero-order valence-corrected chi connectivity index (χ0v) is 19.0. The van der Waals surface area contributed by atoms with E-state index in [0.717, 1.165) is 28.7 Å². The Bertz CT molecular complexity index is 861. The maximum atomic E-state index is 13.1. The van der Waals surface area contributed by atoms with Gasteiger partial charge in [-0.15, -0.1) is 0 Å². The van der Waals surface area contributed by atoms with E-state index in [2.05, 4.69) is 5.32 Å². The molecule has 0 bridgehead atoms. The Kier molecular flexibility index (Phi) is 8.46. The fraction of sp³-hybridized carbons (Fsp3) is 0.440. The first-order valence-corrected chi connectivity index (χ1v) is 10.6. The van der Waals surface area contributed by atoms with Crippen LogP contribution in [0.25, 0.3) is 0 Å². The molecule has 5 heteroatoms. The SMILES string of the molecule is CC[C@H](C)NC(=O)[C@@H](C)N(Cc1ccc(C)cc1)C(=O)COc1cccc(C)c1C. The topological polar surface area (TPSA) is 58.6 Å². The van der Waals surface area contributed by atoms with Gasteiger partial charge in [-0.25, -0.2) is 0 Å². The van der Waals surface area contributed by atoms with Gasteiger partial charge in [-0.05, 0) is 63.8 Å². The molecule has 0 aliphatic heterocycles. The molecule has 2 amide bonds. The molecule has 162 valence electrons. The second-order valence-electron chi connectivity index (χ2n) is 7.99. The van der Waals surface area contributed by atoms with Crippen LogP contribution in [0.2, 0.25) is 0 Å². The van der Waals surface area contributed by atoms with E-state index in [-0.39, 0.29) is 24.5 Å². The minimum Gasteiger partial charge on any atom is -0.483 e. The number of carbonyl (C=O) groups is 2. The molecule has 5 nitrogen and oxygen atoms in total. The lowest BCUT2D eigenvalue weighted by atomic mass is 10.1. The zero-order chi connectivity index (χ0) is 22.3. The summed E-state index contributed by atoms with van der Waals surface area (Å²) in [5.74, 6) is 0.315. The van der Waals surface area contributed by atoms with E-state index in [9.17, 15) is 9.59 Å². The van der Waals surface area contributed by atoms with Crippen LogP contribution in [0.5, 0.6) is 5.75 Å². The standard InChI is InChI=1S/C25H34N2O3/c1-7-19(4)26-25(29)21(6)27(15-22-13-11-17(2)12-14-22)24(28)16-30-23-10-8-9-18(3)20(23)5/h8-14,19,21H,7,15-16H2,1-6H3,(H,26,29)/t19-,21+/m0/s1. The van der Waals surface area contributed by atoms with E-state index in [1.54, 1.807) is 11.8 Å². The highest BCUT2D eigenvalue weighted by atomic mass is 16.5. The molecule has 2 aromatic rings. The highest BCUT2D eigenvalue weighted by Gasteiger charge is 2.27. The lowest BCUT2D eigenvalue weighted by Crippen LogP contribution is -2.50. The van der Waals surface area contributed by atoms with Crippen molar-refractivity contribution in [2.24, 2.45) is 0 Å². The number of nitrogens with zero attached hydrogens (tertiary/aromatic N) is 1. The average molecular weight is 411 g/mol. The van der Waals surface area contributed by atoms with E-state index < -0.39 is 6.04 Å². The van der Waals surface area contributed by atoms with Gasteiger partial charge < -0.3 is 15.0 Å². The van der Waals surface area contributed by atoms with Gasteiger partial charge in [0.05, 0.1) is 0 Å². The maximum Gasteiger partial charge on any atom is 0.261 e. The summed E-state index contributed by atoms with van der Waals surface area (Å²) in [6.07, 6.45) is 0.833. The van der Waals surface area contributed by atoms with Crippen LogP contribution in [0, 0.1) is 20.8 Å². The second-order valence-corrected chi connectivity index (χ2v) is 7.99. The van der Waals surface area contributed by atoms with Crippen molar-refractivity contribution in [1.82, 2.24) is 10.2 Å². The van der Waals surface area contributed by atoms with Gasteiger partial charge in [0.15, 0.2) is 6.61 Å². The molecule has 0 aromatic heterocycles. The summed E-state index contributed by atoms with van der Waals surface area (Å²) in [7, 11) is 0. The Labute approximate surface area is 180 Å². The van der Waals surface area contributed by atoms with Crippen molar-refractivity contribution in [3.8, 4) is 5.75 Å². The number of nitrogens with one attached hydrogen (secondary N) is 1. The molecule has 0 unspecified atom stereocenters. The molecule has 0 saturated heterocycles. The molecule has 0 saturated carbocycles. The molecule has 30 heavy (non-hydrogen) atoms. The summed E-state index contributed by atoms with van der Waals surface area (Å²) in [5, 5.41) is 2.98. The molecule has 2 rings (SSSR count). The molecule has 2 atom stereocenters. The molecule has 0 aliphatic rings. The number of amides is 2. The Morgan fingerprint density at radius 1 is 1.03 bits per heavy atom. The summed E-state index contributed by atoms with van der Waals surface area (Å²) in [4.78, 5) is 27.4. The van der Waals surface area contributed by atoms with Crippen LogP contribution in [-0.4, -0.2) is 35.4 Å². The van der Waals surface area contributed by atoms with Crippen LogP contribution in [0.1, 0.15) is 49.4 Å². The number of aryl methyl sites for hydroxylation is 2. The van der Waals surface area contributed by atoms with Gasteiger partial charge >= 0.3 is 0 Å². The third-order valence-electron chi connectivity index (χ3n) is 5.55. The first-order valence-electron chi connectivity index (χ1n) is 10.6. The van der Waals surface area contributed by atoms with Gasteiger partial charge in [-0.2, -0.15) is 0 Å². The number of ether oxygens (including phenoxy) is 1. The van der Waals surface area contributed by atoms with Crippen LogP contribution in [-0.2, 0) is 16.1 Å². The predicted octanol–water partition coefficient (Wildman–Crippen LogP) is 4.32. The van der Waals surface area contributed by atoms with E-state index in [0.29, 0.717) is 12.3 Å². The van der Waals surface area contributed by atoms with Gasteiger partial charge in [0.1, 0.15) is 11.8 Å². The fourth-order valence-electron chi connectivity index (χ4n) is 3.04. The van der Waals surface area contributed by atoms with Crippen molar-refractivity contribution in [3.05, 3.63) is 64.7 Å². The molecule has 1 N–H and O–H groups in total. The van der Waals surface area contributed by atoms with Crippen molar-refractivity contribution in [3.63, 3.8) is 0 Å². The van der Waals surface area contributed by atoms with Crippen LogP contribution in [0.3, 0.4) is 0 Å². The number of hydrogen-bond acceptors (Lipinski definition) is 3. The van der Waals surface area contributed by atoms with Crippen molar-refractivity contribution >= 4 is 11.8 Å². The first-order chi connectivity index (χ1) is 14.2. The van der Waals surface area contributed by atoms with Crippen molar-refractivity contribution in [2.45, 2.75) is 66.6 Å². The monoisotopic (exact) mass is 410 g/mol. The van der Waals surface area contributed by atoms with E-state index in [1.807, 2.05) is 77.1 Å². The highest BCUT2D eigenvalue weighted by molar-refractivity contribution is 5.88. The van der Waals surface area contributed by atoms with Gasteiger partial charge in [-0.1, -0.05) is 48.9 Å². The molecule has 0 heterocycles. The number of rotatable bonds is 9. The van der Waals surface area contributed by atoms with Crippen LogP contribution >= 0.6 is 0 Å². The number of benzene rings is 2. The van der Waals surface area contributed by atoms with Crippen LogP contribution in [0.4, 0.5) is 0 Å². The summed E-state index contributed by atoms with van der Waals surface area (Å²) >= 11 is 0. The van der Waals surface area contributed by atoms with Crippen LogP contribution in [0.15, 0.2) is 42.5 Å².